The summed E-state index contributed by atoms with van der Waals surface area (Å²) in [5.41, 5.74) is 1.12. The molecule has 3 aromatic rings. The van der Waals surface area contributed by atoms with Gasteiger partial charge < -0.3 is 23.4 Å². The molecule has 0 radical (unpaired) electrons. The first-order valence-electron chi connectivity index (χ1n) is 8.05. The molecule has 0 aliphatic heterocycles. The Morgan fingerprint density at radius 2 is 1.78 bits per heavy atom. The van der Waals surface area contributed by atoms with E-state index in [1.807, 2.05) is 0 Å². The fraction of sp³-hybridized carbons (Fsp3) is 0.200. The number of ether oxygens (including phenoxy) is 4. The monoisotopic (exact) mass is 370 g/mol. The molecule has 0 unspecified atom stereocenters. The van der Waals surface area contributed by atoms with E-state index >= 15 is 0 Å². The van der Waals surface area contributed by atoms with E-state index in [2.05, 4.69) is 0 Å². The highest BCUT2D eigenvalue weighted by Crippen LogP contribution is 2.32. The predicted octanol–water partition coefficient (Wildman–Crippen LogP) is 3.03. The van der Waals surface area contributed by atoms with Crippen LogP contribution < -0.4 is 19.6 Å². The van der Waals surface area contributed by atoms with Crippen LogP contribution in [0.1, 0.15) is 0 Å². The second-order valence-electron chi connectivity index (χ2n) is 5.61. The molecule has 1 heterocycles. The highest BCUT2D eigenvalue weighted by Gasteiger charge is 2.13. The van der Waals surface area contributed by atoms with Gasteiger partial charge in [0.05, 0.1) is 25.2 Å². The molecule has 0 atom stereocenters. The Morgan fingerprint density at radius 1 is 1.00 bits per heavy atom. The SMILES string of the molecule is COCC(=O)Oc1ccc2c(=O)c(-c3ccc(OC)c(OC)c3)coc2c1. The number of carbonyl (C=O) groups is 1. The molecule has 0 saturated heterocycles. The van der Waals surface area contributed by atoms with E-state index in [0.29, 0.717) is 33.6 Å². The summed E-state index contributed by atoms with van der Waals surface area (Å²) in [5, 5.41) is 0.369. The number of rotatable bonds is 6. The lowest BCUT2D eigenvalue weighted by Gasteiger charge is -2.10. The fourth-order valence-corrected chi connectivity index (χ4v) is 2.65. The topological polar surface area (TPSA) is 84.2 Å². The van der Waals surface area contributed by atoms with Crippen LogP contribution in [-0.2, 0) is 9.53 Å². The Morgan fingerprint density at radius 3 is 2.48 bits per heavy atom. The maximum atomic E-state index is 12.9. The molecule has 27 heavy (non-hydrogen) atoms. The predicted molar refractivity (Wildman–Crippen MR) is 98.5 cm³/mol. The summed E-state index contributed by atoms with van der Waals surface area (Å²) >= 11 is 0. The highest BCUT2D eigenvalue weighted by molar-refractivity contribution is 5.84. The van der Waals surface area contributed by atoms with E-state index in [-0.39, 0.29) is 17.8 Å². The third-order valence-corrected chi connectivity index (χ3v) is 3.93. The maximum Gasteiger partial charge on any atom is 0.337 e. The van der Waals surface area contributed by atoms with Gasteiger partial charge in [-0.2, -0.15) is 0 Å². The molecule has 0 N–H and O–H groups in total. The van der Waals surface area contributed by atoms with Crippen LogP contribution in [0.15, 0.2) is 51.9 Å². The van der Waals surface area contributed by atoms with Crippen molar-refractivity contribution in [3.05, 3.63) is 52.9 Å². The van der Waals surface area contributed by atoms with Crippen molar-refractivity contribution in [2.24, 2.45) is 0 Å². The standard InChI is InChI=1S/C20H18O7/c1-23-11-19(21)27-13-5-6-14-17(9-13)26-10-15(20(14)22)12-4-7-16(24-2)18(8-12)25-3/h4-10H,11H2,1-3H3. The summed E-state index contributed by atoms with van der Waals surface area (Å²) < 4.78 is 25.9. The van der Waals surface area contributed by atoms with Crippen LogP contribution in [0, 0.1) is 0 Å². The van der Waals surface area contributed by atoms with Gasteiger partial charge in [-0.05, 0) is 29.8 Å². The smallest absolute Gasteiger partial charge is 0.337 e. The van der Waals surface area contributed by atoms with E-state index in [9.17, 15) is 9.59 Å². The maximum absolute atomic E-state index is 12.9. The van der Waals surface area contributed by atoms with Gasteiger partial charge in [0.2, 0.25) is 0 Å². The van der Waals surface area contributed by atoms with Gasteiger partial charge in [-0.15, -0.1) is 0 Å². The van der Waals surface area contributed by atoms with E-state index in [1.54, 1.807) is 31.4 Å². The van der Waals surface area contributed by atoms with Crippen LogP contribution in [0.2, 0.25) is 0 Å². The average molecular weight is 370 g/mol. The van der Waals surface area contributed by atoms with Crippen LogP contribution in [-0.4, -0.2) is 33.9 Å². The number of fused-ring (bicyclic) bond motifs is 1. The Labute approximate surface area is 155 Å². The first-order chi connectivity index (χ1) is 13.1. The molecule has 1 aromatic heterocycles. The Kier molecular flexibility index (Phi) is 5.42. The quantitative estimate of drug-likeness (QED) is 0.487. The molecule has 140 valence electrons. The molecular formula is C20H18O7. The van der Waals surface area contributed by atoms with Crippen molar-refractivity contribution >= 4 is 16.9 Å². The second-order valence-corrected chi connectivity index (χ2v) is 5.61. The molecule has 0 aliphatic carbocycles. The van der Waals surface area contributed by atoms with Crippen LogP contribution in [0.5, 0.6) is 17.2 Å². The van der Waals surface area contributed by atoms with Gasteiger partial charge in [0.15, 0.2) is 16.9 Å². The van der Waals surface area contributed by atoms with Gasteiger partial charge in [-0.25, -0.2) is 4.79 Å². The molecule has 0 saturated carbocycles. The van der Waals surface area contributed by atoms with Crippen molar-refractivity contribution in [1.82, 2.24) is 0 Å². The summed E-state index contributed by atoms with van der Waals surface area (Å²) in [6.07, 6.45) is 1.37. The lowest BCUT2D eigenvalue weighted by molar-refractivity contribution is -0.138. The molecule has 0 bridgehead atoms. The molecule has 0 aliphatic rings. The molecule has 2 aromatic carbocycles. The summed E-state index contributed by atoms with van der Waals surface area (Å²) in [6, 6.07) is 9.75. The molecule has 0 fully saturated rings. The minimum Gasteiger partial charge on any atom is -0.493 e. The lowest BCUT2D eigenvalue weighted by Crippen LogP contribution is -2.14. The average Bonchev–Trinajstić information content (AvgIpc) is 2.68. The molecular weight excluding hydrogens is 352 g/mol. The minimum absolute atomic E-state index is 0.166. The Balaban J connectivity index is 2.01. The number of carbonyl (C=O) groups excluding carboxylic acids is 1. The Bertz CT molecular complexity index is 1040. The van der Waals surface area contributed by atoms with Gasteiger partial charge in [0, 0.05) is 13.2 Å². The first kappa shape index (κ1) is 18.5. The van der Waals surface area contributed by atoms with E-state index in [4.69, 9.17) is 23.4 Å². The number of methoxy groups -OCH3 is 3. The van der Waals surface area contributed by atoms with Crippen molar-refractivity contribution in [3.8, 4) is 28.4 Å². The zero-order valence-electron chi connectivity index (χ0n) is 15.1. The van der Waals surface area contributed by atoms with E-state index < -0.39 is 5.97 Å². The van der Waals surface area contributed by atoms with Gasteiger partial charge in [0.25, 0.3) is 0 Å². The summed E-state index contributed by atoms with van der Waals surface area (Å²) in [6.45, 7) is -0.166. The van der Waals surface area contributed by atoms with Crippen molar-refractivity contribution < 1.29 is 28.2 Å². The van der Waals surface area contributed by atoms with Gasteiger partial charge in [0.1, 0.15) is 24.2 Å². The molecule has 0 amide bonds. The first-order valence-corrected chi connectivity index (χ1v) is 8.05. The molecule has 0 spiro atoms. The van der Waals surface area contributed by atoms with Crippen LogP contribution in [0.4, 0.5) is 0 Å². The fourth-order valence-electron chi connectivity index (χ4n) is 2.65. The number of hydrogen-bond acceptors (Lipinski definition) is 7. The molecule has 7 heteroatoms. The largest absolute Gasteiger partial charge is 0.493 e. The highest BCUT2D eigenvalue weighted by atomic mass is 16.6. The summed E-state index contributed by atoms with van der Waals surface area (Å²) in [4.78, 5) is 24.4. The van der Waals surface area contributed by atoms with Crippen molar-refractivity contribution in [2.45, 2.75) is 0 Å². The third kappa shape index (κ3) is 3.78. The Hall–Kier alpha value is -3.32. The van der Waals surface area contributed by atoms with Gasteiger partial charge >= 0.3 is 5.97 Å². The second kappa shape index (κ2) is 7.92. The van der Waals surface area contributed by atoms with Crippen molar-refractivity contribution in [2.75, 3.05) is 27.9 Å². The normalized spacial score (nSPS) is 10.6. The summed E-state index contributed by atoms with van der Waals surface area (Å²) in [5.74, 6) is 0.802. The lowest BCUT2D eigenvalue weighted by atomic mass is 10.0. The van der Waals surface area contributed by atoms with Gasteiger partial charge in [-0.3, -0.25) is 4.79 Å². The van der Waals surface area contributed by atoms with E-state index in [1.165, 1.54) is 32.6 Å². The molecule has 7 nitrogen and oxygen atoms in total. The van der Waals surface area contributed by atoms with Crippen molar-refractivity contribution in [3.63, 3.8) is 0 Å². The van der Waals surface area contributed by atoms with Crippen LogP contribution >= 0.6 is 0 Å². The van der Waals surface area contributed by atoms with E-state index in [0.717, 1.165) is 0 Å². The zero-order chi connectivity index (χ0) is 19.4. The van der Waals surface area contributed by atoms with Crippen molar-refractivity contribution in [1.29, 1.82) is 0 Å². The minimum atomic E-state index is -0.541. The zero-order valence-corrected chi connectivity index (χ0v) is 15.1. The van der Waals surface area contributed by atoms with Crippen LogP contribution in [0.25, 0.3) is 22.1 Å². The number of esters is 1. The third-order valence-electron chi connectivity index (χ3n) is 3.93. The van der Waals surface area contributed by atoms with Crippen LogP contribution in [0.3, 0.4) is 0 Å². The number of benzene rings is 2. The number of hydrogen-bond donors (Lipinski definition) is 0. The van der Waals surface area contributed by atoms with Gasteiger partial charge in [-0.1, -0.05) is 6.07 Å². The molecule has 3 rings (SSSR count). The summed E-state index contributed by atoms with van der Waals surface area (Å²) in [7, 11) is 4.46.